The topological polar surface area (TPSA) is 42.3 Å². The van der Waals surface area contributed by atoms with Crippen molar-refractivity contribution in [2.45, 2.75) is 20.0 Å². The van der Waals surface area contributed by atoms with Crippen molar-refractivity contribution in [2.24, 2.45) is 4.36 Å². The third kappa shape index (κ3) is 3.69. The molecule has 0 aromatic carbocycles. The van der Waals surface area contributed by atoms with E-state index in [9.17, 15) is 17.4 Å². The van der Waals surface area contributed by atoms with E-state index in [1.54, 1.807) is 13.8 Å². The lowest BCUT2D eigenvalue weighted by molar-refractivity contribution is -0.137. The minimum absolute atomic E-state index is 0.131. The maximum absolute atomic E-state index is 12.4. The van der Waals surface area contributed by atoms with Crippen LogP contribution in [0.3, 0.4) is 0 Å². The van der Waals surface area contributed by atoms with E-state index in [0.717, 1.165) is 18.3 Å². The molecule has 0 aliphatic heterocycles. The van der Waals surface area contributed by atoms with Crippen molar-refractivity contribution in [2.75, 3.05) is 11.5 Å². The zero-order chi connectivity index (χ0) is 13.1. The highest BCUT2D eigenvalue weighted by Gasteiger charge is 2.30. The zero-order valence-corrected chi connectivity index (χ0v) is 10.3. The van der Waals surface area contributed by atoms with E-state index in [1.165, 1.54) is 0 Å². The molecule has 96 valence electrons. The van der Waals surface area contributed by atoms with Crippen LogP contribution in [0, 0.1) is 0 Å². The molecule has 1 rings (SSSR count). The van der Waals surface area contributed by atoms with Crippen molar-refractivity contribution in [3.05, 3.63) is 23.9 Å². The second kappa shape index (κ2) is 5.03. The van der Waals surface area contributed by atoms with Gasteiger partial charge in [0.05, 0.1) is 15.3 Å². The molecule has 0 aliphatic carbocycles. The van der Waals surface area contributed by atoms with Crippen molar-refractivity contribution in [1.29, 1.82) is 0 Å². The molecule has 7 heteroatoms. The Morgan fingerprint density at radius 2 is 1.94 bits per heavy atom. The molecule has 0 aliphatic rings. The average molecular weight is 266 g/mol. The average Bonchev–Trinajstić information content (AvgIpc) is 2.28. The molecular weight excluding hydrogens is 253 g/mol. The fraction of sp³-hybridized carbons (Fsp3) is 0.500. The highest BCUT2D eigenvalue weighted by atomic mass is 32.2. The number of hydrogen-bond donors (Lipinski definition) is 0. The van der Waals surface area contributed by atoms with E-state index >= 15 is 0 Å². The molecule has 1 aromatic rings. The zero-order valence-electron chi connectivity index (χ0n) is 9.49. The molecule has 17 heavy (non-hydrogen) atoms. The normalized spacial score (nSPS) is 12.5. The first-order valence-electron chi connectivity index (χ1n) is 5.06. The molecule has 0 saturated heterocycles. The minimum Gasteiger partial charge on any atom is -0.249 e. The van der Waals surface area contributed by atoms with E-state index in [-0.39, 0.29) is 5.82 Å². The Balaban J connectivity index is 3.23. The standard InChI is InChI=1S/C10H13F3N2OS/c1-3-17(16,4-2)15-9-7-8(5-6-14-9)10(11,12)13/h5-7H,3-4H2,1-2H3. The molecule has 0 fully saturated rings. The van der Waals surface area contributed by atoms with Gasteiger partial charge in [-0.05, 0) is 12.1 Å². The third-order valence-corrected chi connectivity index (χ3v) is 4.56. The van der Waals surface area contributed by atoms with Crippen LogP contribution in [0.4, 0.5) is 19.0 Å². The SMILES string of the molecule is CCS(=O)(CC)=Nc1cc(C(F)(F)F)ccn1. The monoisotopic (exact) mass is 266 g/mol. The fourth-order valence-electron chi connectivity index (χ4n) is 1.15. The summed E-state index contributed by atoms with van der Waals surface area (Å²) in [5.74, 6) is 0.455. The Morgan fingerprint density at radius 1 is 1.35 bits per heavy atom. The van der Waals surface area contributed by atoms with Gasteiger partial charge in [-0.25, -0.2) is 9.19 Å². The number of nitrogens with zero attached hydrogens (tertiary/aromatic N) is 2. The van der Waals surface area contributed by atoms with Crippen molar-refractivity contribution in [3.63, 3.8) is 0 Å². The molecule has 1 aromatic heterocycles. The molecule has 0 amide bonds. The van der Waals surface area contributed by atoms with E-state index in [2.05, 4.69) is 9.35 Å². The van der Waals surface area contributed by atoms with Gasteiger partial charge in [-0.15, -0.1) is 0 Å². The van der Waals surface area contributed by atoms with Gasteiger partial charge >= 0.3 is 6.18 Å². The van der Waals surface area contributed by atoms with E-state index in [4.69, 9.17) is 0 Å². The van der Waals surface area contributed by atoms with Crippen LogP contribution in [-0.2, 0) is 15.9 Å². The van der Waals surface area contributed by atoms with Gasteiger partial charge in [-0.3, -0.25) is 0 Å². The second-order valence-electron chi connectivity index (χ2n) is 3.34. The summed E-state index contributed by atoms with van der Waals surface area (Å²) < 4.78 is 53.1. The van der Waals surface area contributed by atoms with Crippen molar-refractivity contribution < 1.29 is 17.4 Å². The van der Waals surface area contributed by atoms with E-state index in [1.807, 2.05) is 0 Å². The highest BCUT2D eigenvalue weighted by molar-refractivity contribution is 7.93. The molecule has 1 heterocycles. The minimum atomic E-state index is -4.44. The first kappa shape index (κ1) is 14.0. The van der Waals surface area contributed by atoms with Crippen LogP contribution in [0.25, 0.3) is 0 Å². The molecule has 0 saturated carbocycles. The van der Waals surface area contributed by atoms with Gasteiger partial charge in [0, 0.05) is 17.7 Å². The lowest BCUT2D eigenvalue weighted by atomic mass is 10.2. The Bertz CT molecular complexity index is 495. The summed E-state index contributed by atoms with van der Waals surface area (Å²) in [6, 6.07) is 1.67. The summed E-state index contributed by atoms with van der Waals surface area (Å²) in [5.41, 5.74) is -0.833. The Labute approximate surface area is 98.3 Å². The number of halogens is 3. The number of pyridine rings is 1. The summed E-state index contributed by atoms with van der Waals surface area (Å²) in [6.45, 7) is 3.37. The molecule has 3 nitrogen and oxygen atoms in total. The third-order valence-electron chi connectivity index (χ3n) is 2.23. The molecule has 0 atom stereocenters. The van der Waals surface area contributed by atoms with Crippen molar-refractivity contribution in [3.8, 4) is 0 Å². The number of rotatable bonds is 3. The van der Waals surface area contributed by atoms with Crippen LogP contribution < -0.4 is 0 Å². The largest absolute Gasteiger partial charge is 0.416 e. The summed E-state index contributed by atoms with van der Waals surface area (Å²) in [7, 11) is -2.49. The van der Waals surface area contributed by atoms with Crippen molar-refractivity contribution in [1.82, 2.24) is 4.98 Å². The first-order valence-corrected chi connectivity index (χ1v) is 6.92. The summed E-state index contributed by atoms with van der Waals surface area (Å²) in [6.07, 6.45) is -3.42. The predicted octanol–water partition coefficient (Wildman–Crippen LogP) is 3.24. The van der Waals surface area contributed by atoms with E-state index < -0.39 is 21.5 Å². The molecular formula is C10H13F3N2OS. The lowest BCUT2D eigenvalue weighted by Gasteiger charge is -2.07. The van der Waals surface area contributed by atoms with Crippen molar-refractivity contribution >= 4 is 15.5 Å². The molecule has 0 N–H and O–H groups in total. The molecule has 0 bridgehead atoms. The van der Waals surface area contributed by atoms with Gasteiger partial charge in [0.15, 0.2) is 5.82 Å². The Morgan fingerprint density at radius 3 is 2.41 bits per heavy atom. The fourth-order valence-corrected chi connectivity index (χ4v) is 2.26. The lowest BCUT2D eigenvalue weighted by Crippen LogP contribution is -2.07. The van der Waals surface area contributed by atoms with Gasteiger partial charge in [0.1, 0.15) is 0 Å². The number of alkyl halides is 3. The maximum atomic E-state index is 12.4. The van der Waals surface area contributed by atoms with Gasteiger partial charge in [-0.1, -0.05) is 13.8 Å². The first-order chi connectivity index (χ1) is 7.80. The Hall–Kier alpha value is -1.11. The molecule has 0 radical (unpaired) electrons. The molecule has 0 unspecified atom stereocenters. The van der Waals surface area contributed by atoms with Crippen LogP contribution in [0.2, 0.25) is 0 Å². The van der Waals surface area contributed by atoms with Gasteiger partial charge in [0.25, 0.3) is 0 Å². The molecule has 0 spiro atoms. The highest BCUT2D eigenvalue weighted by Crippen LogP contribution is 2.30. The predicted molar refractivity (Wildman–Crippen MR) is 60.6 cm³/mol. The van der Waals surface area contributed by atoms with Crippen LogP contribution in [0.15, 0.2) is 22.7 Å². The van der Waals surface area contributed by atoms with E-state index in [0.29, 0.717) is 11.5 Å². The van der Waals surface area contributed by atoms with Crippen LogP contribution in [-0.4, -0.2) is 20.7 Å². The van der Waals surface area contributed by atoms with Crippen LogP contribution in [0.1, 0.15) is 19.4 Å². The van der Waals surface area contributed by atoms with Gasteiger partial charge < -0.3 is 0 Å². The summed E-state index contributed by atoms with van der Waals surface area (Å²) in [5, 5.41) is 0. The Kier molecular flexibility index (Phi) is 4.13. The van der Waals surface area contributed by atoms with Gasteiger partial charge in [0.2, 0.25) is 0 Å². The second-order valence-corrected chi connectivity index (χ2v) is 6.22. The number of hydrogen-bond acceptors (Lipinski definition) is 3. The smallest absolute Gasteiger partial charge is 0.249 e. The van der Waals surface area contributed by atoms with Crippen LogP contribution in [0.5, 0.6) is 0 Å². The quantitative estimate of drug-likeness (QED) is 0.842. The maximum Gasteiger partial charge on any atom is 0.416 e. The summed E-state index contributed by atoms with van der Waals surface area (Å²) in [4.78, 5) is 3.69. The number of aromatic nitrogens is 1. The summed E-state index contributed by atoms with van der Waals surface area (Å²) >= 11 is 0. The van der Waals surface area contributed by atoms with Crippen LogP contribution >= 0.6 is 0 Å². The van der Waals surface area contributed by atoms with Gasteiger partial charge in [-0.2, -0.15) is 17.5 Å².